The molecule has 1 fully saturated rings. The van der Waals surface area contributed by atoms with E-state index < -0.39 is 24.4 Å². The van der Waals surface area contributed by atoms with Crippen molar-refractivity contribution >= 4 is 41.2 Å². The molecule has 2 N–H and O–H groups in total. The molecular formula is C17H21BN2O5. The zero-order chi connectivity index (χ0) is 18.6. The van der Waals surface area contributed by atoms with E-state index in [1.807, 2.05) is 27.7 Å². The smallest absolute Gasteiger partial charge is 0.464 e. The first-order valence-corrected chi connectivity index (χ1v) is 8.03. The molecule has 0 aliphatic carbocycles. The standard InChI is InChI=1S/C17H21BN2O5/c1-10(21)19-13-9-20(15(22)23)14-7-6-11(8-12(13)14)18-24-16(2,3)17(4,5)25-18/h6-9H,1-5H3,(H,19,21)(H,22,23). The average molecular weight is 344 g/mol. The number of benzene rings is 1. The molecule has 1 aliphatic heterocycles. The van der Waals surface area contributed by atoms with Gasteiger partial charge in [0.1, 0.15) is 0 Å². The molecule has 132 valence electrons. The van der Waals surface area contributed by atoms with Crippen LogP contribution < -0.4 is 10.8 Å². The van der Waals surface area contributed by atoms with E-state index in [1.54, 1.807) is 18.2 Å². The topological polar surface area (TPSA) is 89.8 Å². The van der Waals surface area contributed by atoms with Crippen LogP contribution in [0.25, 0.3) is 10.9 Å². The van der Waals surface area contributed by atoms with Crippen molar-refractivity contribution < 1.29 is 24.0 Å². The van der Waals surface area contributed by atoms with Gasteiger partial charge in [-0.05, 0) is 39.2 Å². The number of carbonyl (C=O) groups excluding carboxylic acids is 1. The van der Waals surface area contributed by atoms with E-state index in [4.69, 9.17) is 9.31 Å². The number of carboxylic acid groups (broad SMARTS) is 1. The fraction of sp³-hybridized carbons (Fsp3) is 0.412. The molecule has 1 aliphatic rings. The summed E-state index contributed by atoms with van der Waals surface area (Å²) in [5.74, 6) is -0.273. The van der Waals surface area contributed by atoms with E-state index in [0.717, 1.165) is 10.0 Å². The second-order valence-electron chi connectivity index (χ2n) is 7.24. The maximum Gasteiger partial charge on any atom is 0.494 e. The Morgan fingerprint density at radius 3 is 2.28 bits per heavy atom. The average Bonchev–Trinajstić information content (AvgIpc) is 2.93. The Morgan fingerprint density at radius 2 is 1.76 bits per heavy atom. The molecule has 3 rings (SSSR count). The molecule has 2 heterocycles. The van der Waals surface area contributed by atoms with Gasteiger partial charge in [-0.25, -0.2) is 4.79 Å². The van der Waals surface area contributed by atoms with Gasteiger partial charge in [0.15, 0.2) is 0 Å². The number of hydrogen-bond acceptors (Lipinski definition) is 4. The highest BCUT2D eigenvalue weighted by Crippen LogP contribution is 2.37. The number of carbonyl (C=O) groups is 2. The molecule has 25 heavy (non-hydrogen) atoms. The number of anilines is 1. The molecule has 0 radical (unpaired) electrons. The minimum Gasteiger partial charge on any atom is -0.464 e. The third-order valence-corrected chi connectivity index (χ3v) is 4.87. The summed E-state index contributed by atoms with van der Waals surface area (Å²) in [6.07, 6.45) is 0.271. The second-order valence-corrected chi connectivity index (χ2v) is 7.24. The number of nitrogens with one attached hydrogen (secondary N) is 1. The lowest BCUT2D eigenvalue weighted by Gasteiger charge is -2.32. The van der Waals surface area contributed by atoms with Crippen LogP contribution in [0.4, 0.5) is 10.5 Å². The van der Waals surface area contributed by atoms with E-state index in [2.05, 4.69) is 5.32 Å². The maximum atomic E-state index is 11.4. The largest absolute Gasteiger partial charge is 0.494 e. The van der Waals surface area contributed by atoms with Crippen molar-refractivity contribution in [3.05, 3.63) is 24.4 Å². The molecule has 0 spiro atoms. The van der Waals surface area contributed by atoms with Gasteiger partial charge < -0.3 is 19.7 Å². The van der Waals surface area contributed by atoms with E-state index >= 15 is 0 Å². The molecule has 1 aromatic heterocycles. The van der Waals surface area contributed by atoms with Crippen molar-refractivity contribution in [1.29, 1.82) is 0 Å². The highest BCUT2D eigenvalue weighted by atomic mass is 16.7. The van der Waals surface area contributed by atoms with Gasteiger partial charge in [0.2, 0.25) is 5.91 Å². The Labute approximate surface area is 146 Å². The molecule has 8 heteroatoms. The van der Waals surface area contributed by atoms with Crippen LogP contribution in [0.3, 0.4) is 0 Å². The van der Waals surface area contributed by atoms with Gasteiger partial charge in [0.05, 0.1) is 22.4 Å². The van der Waals surface area contributed by atoms with E-state index in [0.29, 0.717) is 16.6 Å². The number of rotatable bonds is 2. The van der Waals surface area contributed by atoms with Crippen LogP contribution in [0, 0.1) is 0 Å². The van der Waals surface area contributed by atoms with E-state index in [9.17, 15) is 14.7 Å². The zero-order valence-corrected chi connectivity index (χ0v) is 14.9. The maximum absolute atomic E-state index is 11.4. The van der Waals surface area contributed by atoms with Crippen molar-refractivity contribution in [2.75, 3.05) is 5.32 Å². The van der Waals surface area contributed by atoms with E-state index in [-0.39, 0.29) is 5.91 Å². The molecular weight excluding hydrogens is 323 g/mol. The fourth-order valence-corrected chi connectivity index (χ4v) is 2.82. The van der Waals surface area contributed by atoms with Crippen LogP contribution in [-0.2, 0) is 14.1 Å². The molecule has 0 bridgehead atoms. The summed E-state index contributed by atoms with van der Waals surface area (Å²) < 4.78 is 13.2. The first-order chi connectivity index (χ1) is 11.5. The Bertz CT molecular complexity index is 855. The highest BCUT2D eigenvalue weighted by Gasteiger charge is 2.51. The molecule has 0 saturated carbocycles. The van der Waals surface area contributed by atoms with Crippen LogP contribution in [0.2, 0.25) is 0 Å². The third-order valence-electron chi connectivity index (χ3n) is 4.87. The predicted octanol–water partition coefficient (Wildman–Crippen LogP) is 2.42. The van der Waals surface area contributed by atoms with Crippen LogP contribution in [-0.4, -0.2) is 40.0 Å². The highest BCUT2D eigenvalue weighted by molar-refractivity contribution is 6.62. The number of hydrogen-bond donors (Lipinski definition) is 2. The van der Waals surface area contributed by atoms with Gasteiger partial charge in [0.25, 0.3) is 0 Å². The number of fused-ring (bicyclic) bond motifs is 1. The Morgan fingerprint density at radius 1 is 1.16 bits per heavy atom. The molecule has 2 aromatic rings. The SMILES string of the molecule is CC(=O)Nc1cn(C(=O)O)c2ccc(B3OC(C)(C)C(C)(C)O3)cc12. The zero-order valence-electron chi connectivity index (χ0n) is 14.9. The summed E-state index contributed by atoms with van der Waals surface area (Å²) in [7, 11) is -0.562. The van der Waals surface area contributed by atoms with Crippen molar-refractivity contribution in [2.45, 2.75) is 45.8 Å². The summed E-state index contributed by atoms with van der Waals surface area (Å²) in [6.45, 7) is 9.25. The minimum atomic E-state index is -1.12. The molecule has 1 aromatic carbocycles. The summed E-state index contributed by atoms with van der Waals surface area (Å²) >= 11 is 0. The van der Waals surface area contributed by atoms with Gasteiger partial charge in [-0.3, -0.25) is 9.36 Å². The summed E-state index contributed by atoms with van der Waals surface area (Å²) in [6, 6.07) is 5.26. The lowest BCUT2D eigenvalue weighted by molar-refractivity contribution is -0.114. The van der Waals surface area contributed by atoms with Gasteiger partial charge in [-0.2, -0.15) is 0 Å². The van der Waals surface area contributed by atoms with Gasteiger partial charge >= 0.3 is 13.2 Å². The lowest BCUT2D eigenvalue weighted by atomic mass is 9.78. The number of aromatic nitrogens is 1. The summed E-state index contributed by atoms with van der Waals surface area (Å²) in [5.41, 5.74) is 0.737. The normalized spacial score (nSPS) is 18.5. The Balaban J connectivity index is 2.08. The van der Waals surface area contributed by atoms with Crippen molar-refractivity contribution in [3.63, 3.8) is 0 Å². The van der Waals surface area contributed by atoms with Crippen LogP contribution in [0.1, 0.15) is 34.6 Å². The summed E-state index contributed by atoms with van der Waals surface area (Å²) in [5, 5.41) is 12.6. The molecule has 1 saturated heterocycles. The van der Waals surface area contributed by atoms with Crippen molar-refractivity contribution in [2.24, 2.45) is 0 Å². The van der Waals surface area contributed by atoms with Crippen LogP contribution in [0.5, 0.6) is 0 Å². The van der Waals surface area contributed by atoms with Crippen molar-refractivity contribution in [1.82, 2.24) is 4.57 Å². The van der Waals surface area contributed by atoms with Crippen molar-refractivity contribution in [3.8, 4) is 0 Å². The first-order valence-electron chi connectivity index (χ1n) is 8.03. The van der Waals surface area contributed by atoms with Gasteiger partial charge in [0, 0.05) is 18.5 Å². The Hall–Kier alpha value is -2.32. The first kappa shape index (κ1) is 17.5. The predicted molar refractivity (Wildman–Crippen MR) is 95.4 cm³/mol. The lowest BCUT2D eigenvalue weighted by Crippen LogP contribution is -2.41. The van der Waals surface area contributed by atoms with Crippen LogP contribution in [0.15, 0.2) is 24.4 Å². The number of amides is 1. The molecule has 0 unspecified atom stereocenters. The van der Waals surface area contributed by atoms with Gasteiger partial charge in [-0.15, -0.1) is 0 Å². The minimum absolute atomic E-state index is 0.273. The molecule has 1 amide bonds. The van der Waals surface area contributed by atoms with E-state index in [1.165, 1.54) is 13.1 Å². The molecule has 7 nitrogen and oxygen atoms in total. The van der Waals surface area contributed by atoms with Crippen LogP contribution >= 0.6 is 0 Å². The Kier molecular flexibility index (Phi) is 3.93. The third kappa shape index (κ3) is 2.92. The quantitative estimate of drug-likeness (QED) is 0.817. The monoisotopic (exact) mass is 344 g/mol. The van der Waals surface area contributed by atoms with Gasteiger partial charge in [-0.1, -0.05) is 12.1 Å². The number of nitrogens with zero attached hydrogens (tertiary/aromatic N) is 1. The summed E-state index contributed by atoms with van der Waals surface area (Å²) in [4.78, 5) is 22.9. The molecule has 0 atom stereocenters. The fourth-order valence-electron chi connectivity index (χ4n) is 2.82. The second kappa shape index (κ2) is 5.61.